The molecule has 1 aliphatic heterocycles. The van der Waals surface area contributed by atoms with E-state index in [9.17, 15) is 29.8 Å². The number of anilines is 1. The van der Waals surface area contributed by atoms with Crippen LogP contribution in [0.2, 0.25) is 0 Å². The van der Waals surface area contributed by atoms with Crippen LogP contribution in [0.25, 0.3) is 0 Å². The van der Waals surface area contributed by atoms with Gasteiger partial charge in [-0.2, -0.15) is 0 Å². The van der Waals surface area contributed by atoms with Crippen LogP contribution >= 0.6 is 0 Å². The molecule has 2 aromatic rings. The van der Waals surface area contributed by atoms with Gasteiger partial charge in [-0.1, -0.05) is 12.1 Å². The Morgan fingerprint density at radius 3 is 1.72 bits per heavy atom. The molecule has 0 aliphatic carbocycles. The molecule has 2 amide bonds. The minimum Gasteiger partial charge on any atom is -0.485 e. The Bertz CT molecular complexity index is 884. The van der Waals surface area contributed by atoms with Gasteiger partial charge in [-0.3, -0.25) is 29.8 Å². The van der Waals surface area contributed by atoms with Gasteiger partial charge in [0, 0.05) is 12.1 Å². The van der Waals surface area contributed by atoms with Crippen LogP contribution in [-0.2, 0) is 0 Å². The summed E-state index contributed by atoms with van der Waals surface area (Å²) in [5, 5.41) is 22.4. The number of imide groups is 1. The molecule has 0 N–H and O–H groups in total. The smallest absolute Gasteiger partial charge is 0.320 e. The van der Waals surface area contributed by atoms with Crippen molar-refractivity contribution in [2.45, 2.75) is 0 Å². The van der Waals surface area contributed by atoms with E-state index >= 15 is 0 Å². The number of nitrogens with zero attached hydrogens (tertiary/aromatic N) is 3. The van der Waals surface area contributed by atoms with E-state index in [1.54, 1.807) is 12.1 Å². The third-order valence-electron chi connectivity index (χ3n) is 3.68. The fourth-order valence-electron chi connectivity index (χ4n) is 2.62. The molecule has 1 heterocycles. The Morgan fingerprint density at radius 1 is 0.920 bits per heavy atom. The van der Waals surface area contributed by atoms with Crippen molar-refractivity contribution in [3.8, 4) is 5.75 Å². The Morgan fingerprint density at radius 2 is 1.36 bits per heavy atom. The fraction of sp³-hybridized carbons (Fsp3) is 0.0667. The normalized spacial score (nSPS) is 12.9. The summed E-state index contributed by atoms with van der Waals surface area (Å²) in [5.41, 5.74) is -1.47. The molecule has 10 heteroatoms. The molecule has 0 radical (unpaired) electrons. The maximum Gasteiger partial charge on any atom is 0.320 e. The number of hydrogen-bond acceptors (Lipinski definition) is 7. The Balaban J connectivity index is 2.22. The first kappa shape index (κ1) is 16.1. The number of amides is 2. The number of carbonyl (C=O) groups excluding carboxylic acids is 2. The first-order valence-corrected chi connectivity index (χ1v) is 6.85. The van der Waals surface area contributed by atoms with Gasteiger partial charge < -0.3 is 4.74 Å². The van der Waals surface area contributed by atoms with Gasteiger partial charge >= 0.3 is 11.4 Å². The highest BCUT2D eigenvalue weighted by Crippen LogP contribution is 2.42. The van der Waals surface area contributed by atoms with Gasteiger partial charge in [0.05, 0.1) is 33.8 Å². The standard InChI is InChI=1S/C15H9N3O7/c1-25-13-11(17(21)22)6-8(7-12(13)18(23)24)16-14(19)9-4-2-3-5-10(9)15(16)20/h2-7H,1H3. The summed E-state index contributed by atoms with van der Waals surface area (Å²) < 4.78 is 4.76. The zero-order valence-electron chi connectivity index (χ0n) is 12.7. The summed E-state index contributed by atoms with van der Waals surface area (Å²) in [6, 6.07) is 7.78. The van der Waals surface area contributed by atoms with Gasteiger partial charge in [-0.25, -0.2) is 4.90 Å². The van der Waals surface area contributed by atoms with Crippen molar-refractivity contribution in [3.63, 3.8) is 0 Å². The summed E-state index contributed by atoms with van der Waals surface area (Å²) in [6.45, 7) is 0. The van der Waals surface area contributed by atoms with Crippen molar-refractivity contribution in [1.29, 1.82) is 0 Å². The van der Waals surface area contributed by atoms with Crippen LogP contribution in [-0.4, -0.2) is 28.8 Å². The van der Waals surface area contributed by atoms with Crippen LogP contribution in [0.15, 0.2) is 36.4 Å². The third-order valence-corrected chi connectivity index (χ3v) is 3.68. The summed E-state index contributed by atoms with van der Waals surface area (Å²) in [7, 11) is 1.05. The van der Waals surface area contributed by atoms with Crippen LogP contribution in [0.5, 0.6) is 5.75 Å². The van der Waals surface area contributed by atoms with E-state index in [2.05, 4.69) is 0 Å². The van der Waals surface area contributed by atoms with Crippen molar-refractivity contribution >= 4 is 28.9 Å². The van der Waals surface area contributed by atoms with Crippen LogP contribution in [0.1, 0.15) is 20.7 Å². The highest BCUT2D eigenvalue weighted by molar-refractivity contribution is 6.34. The minimum absolute atomic E-state index is 0.119. The second-order valence-electron chi connectivity index (χ2n) is 5.02. The molecule has 10 nitrogen and oxygen atoms in total. The van der Waals surface area contributed by atoms with Crippen LogP contribution in [0, 0.1) is 20.2 Å². The Kier molecular flexibility index (Phi) is 3.64. The molecule has 0 spiro atoms. The van der Waals surface area contributed by atoms with E-state index in [1.165, 1.54) is 12.1 Å². The third kappa shape index (κ3) is 2.36. The second-order valence-corrected chi connectivity index (χ2v) is 5.02. The average molecular weight is 343 g/mol. The van der Waals surface area contributed by atoms with E-state index < -0.39 is 38.8 Å². The maximum atomic E-state index is 12.5. The van der Waals surface area contributed by atoms with Gasteiger partial charge in [-0.15, -0.1) is 0 Å². The molecule has 0 saturated heterocycles. The van der Waals surface area contributed by atoms with Gasteiger partial charge in [0.2, 0.25) is 0 Å². The Hall–Kier alpha value is -3.82. The molecule has 0 unspecified atom stereocenters. The first-order chi connectivity index (χ1) is 11.9. The van der Waals surface area contributed by atoms with Gasteiger partial charge in [0.1, 0.15) is 0 Å². The number of rotatable bonds is 4. The number of benzene rings is 2. The number of hydrogen-bond donors (Lipinski definition) is 0. The number of nitro groups is 2. The molecule has 0 bridgehead atoms. The summed E-state index contributed by atoms with van der Waals surface area (Å²) in [4.78, 5) is 46.3. The lowest BCUT2D eigenvalue weighted by Gasteiger charge is -2.14. The number of methoxy groups -OCH3 is 1. The monoisotopic (exact) mass is 343 g/mol. The lowest BCUT2D eigenvalue weighted by Crippen LogP contribution is -2.29. The maximum absolute atomic E-state index is 12.5. The van der Waals surface area contributed by atoms with Crippen molar-refractivity contribution in [3.05, 3.63) is 67.8 Å². The molecule has 0 fully saturated rings. The van der Waals surface area contributed by atoms with Crippen molar-refractivity contribution in [1.82, 2.24) is 0 Å². The van der Waals surface area contributed by atoms with Crippen LogP contribution in [0.3, 0.4) is 0 Å². The average Bonchev–Trinajstić information content (AvgIpc) is 2.85. The quantitative estimate of drug-likeness (QED) is 0.472. The fourth-order valence-corrected chi connectivity index (χ4v) is 2.62. The molecule has 0 aromatic heterocycles. The van der Waals surface area contributed by atoms with Gasteiger partial charge in [0.25, 0.3) is 17.6 Å². The molecule has 25 heavy (non-hydrogen) atoms. The molecular formula is C15H9N3O7. The van der Waals surface area contributed by atoms with Crippen LogP contribution in [0.4, 0.5) is 17.1 Å². The summed E-state index contributed by atoms with van der Waals surface area (Å²) >= 11 is 0. The van der Waals surface area contributed by atoms with Crippen LogP contribution < -0.4 is 9.64 Å². The zero-order chi connectivity index (χ0) is 18.3. The lowest BCUT2D eigenvalue weighted by atomic mass is 10.1. The van der Waals surface area contributed by atoms with Crippen molar-refractivity contribution in [2.24, 2.45) is 0 Å². The van der Waals surface area contributed by atoms with E-state index in [0.29, 0.717) is 4.90 Å². The minimum atomic E-state index is -0.881. The van der Waals surface area contributed by atoms with E-state index in [0.717, 1.165) is 19.2 Å². The van der Waals surface area contributed by atoms with E-state index in [-0.39, 0.29) is 16.8 Å². The Labute approximate surface area is 139 Å². The topological polar surface area (TPSA) is 133 Å². The summed E-state index contributed by atoms with van der Waals surface area (Å²) in [5.74, 6) is -1.99. The van der Waals surface area contributed by atoms with Crippen molar-refractivity contribution < 1.29 is 24.2 Å². The molecule has 0 saturated carbocycles. The molecule has 0 atom stereocenters. The number of carbonyl (C=O) groups is 2. The molecule has 2 aromatic carbocycles. The molecular weight excluding hydrogens is 334 g/mol. The SMILES string of the molecule is COc1c([N+](=O)[O-])cc(N2C(=O)c3ccccc3C2=O)cc1[N+](=O)[O-]. The molecule has 126 valence electrons. The largest absolute Gasteiger partial charge is 0.485 e. The number of fused-ring (bicyclic) bond motifs is 1. The van der Waals surface area contributed by atoms with Gasteiger partial charge in [0.15, 0.2) is 0 Å². The molecule has 1 aliphatic rings. The number of ether oxygens (including phenoxy) is 1. The van der Waals surface area contributed by atoms with Crippen molar-refractivity contribution in [2.75, 3.05) is 12.0 Å². The highest BCUT2D eigenvalue weighted by Gasteiger charge is 2.39. The highest BCUT2D eigenvalue weighted by atomic mass is 16.6. The predicted molar refractivity (Wildman–Crippen MR) is 83.9 cm³/mol. The summed E-state index contributed by atoms with van der Waals surface area (Å²) in [6.07, 6.45) is 0. The predicted octanol–water partition coefficient (Wildman–Crippen LogP) is 2.31. The number of nitro benzene ring substituents is 2. The van der Waals surface area contributed by atoms with E-state index in [4.69, 9.17) is 4.74 Å². The van der Waals surface area contributed by atoms with E-state index in [1.807, 2.05) is 0 Å². The first-order valence-electron chi connectivity index (χ1n) is 6.85. The van der Waals surface area contributed by atoms with Gasteiger partial charge in [-0.05, 0) is 12.1 Å². The lowest BCUT2D eigenvalue weighted by molar-refractivity contribution is -0.395. The zero-order valence-corrected chi connectivity index (χ0v) is 12.7. The second kappa shape index (κ2) is 5.67. The molecule has 3 rings (SSSR count).